The van der Waals surface area contributed by atoms with Gasteiger partial charge in [0.05, 0.1) is 20.8 Å². The van der Waals surface area contributed by atoms with Gasteiger partial charge in [-0.25, -0.2) is 9.19 Å². The van der Waals surface area contributed by atoms with Gasteiger partial charge in [-0.15, -0.1) is 0 Å². The lowest BCUT2D eigenvalue weighted by molar-refractivity contribution is 0.269. The maximum absolute atomic E-state index is 11.5. The summed E-state index contributed by atoms with van der Waals surface area (Å²) in [6, 6.07) is 1.73. The van der Waals surface area contributed by atoms with Gasteiger partial charge in [-0.2, -0.15) is 0 Å². The van der Waals surface area contributed by atoms with Crippen molar-refractivity contribution in [3.05, 3.63) is 28.0 Å². The van der Waals surface area contributed by atoms with Crippen molar-refractivity contribution in [1.82, 2.24) is 4.98 Å². The topological polar surface area (TPSA) is 76.2 Å². The predicted molar refractivity (Wildman–Crippen MR) is 79.7 cm³/mol. The molecule has 0 bridgehead atoms. The van der Waals surface area contributed by atoms with Crippen LogP contribution in [0.25, 0.3) is 0 Å². The van der Waals surface area contributed by atoms with Gasteiger partial charge in [0.15, 0.2) is 0 Å². The molecule has 0 aliphatic carbocycles. The SMILES string of the molecule is CC(C)(C[C@H](CCO)c1cc(Cl)cnc1Cl)S(N)=O. The summed E-state index contributed by atoms with van der Waals surface area (Å²) in [6.45, 7) is 3.64. The van der Waals surface area contributed by atoms with Crippen molar-refractivity contribution >= 4 is 34.2 Å². The number of aliphatic hydroxyl groups excluding tert-OH is 1. The number of aliphatic hydroxyl groups is 1. The first-order valence-electron chi connectivity index (χ1n) is 5.86. The number of hydrogen-bond donors (Lipinski definition) is 2. The average molecular weight is 325 g/mol. The van der Waals surface area contributed by atoms with Crippen molar-refractivity contribution in [2.75, 3.05) is 6.61 Å². The van der Waals surface area contributed by atoms with E-state index < -0.39 is 15.7 Å². The number of nitrogens with two attached hydrogens (primary N) is 1. The van der Waals surface area contributed by atoms with Crippen LogP contribution in [0.3, 0.4) is 0 Å². The first-order valence-corrected chi connectivity index (χ1v) is 7.83. The summed E-state index contributed by atoms with van der Waals surface area (Å²) in [5, 5.41) is 15.5. The first-order chi connectivity index (χ1) is 8.77. The molecule has 0 saturated heterocycles. The van der Waals surface area contributed by atoms with Gasteiger partial charge in [0, 0.05) is 12.8 Å². The van der Waals surface area contributed by atoms with E-state index in [1.807, 2.05) is 13.8 Å². The maximum atomic E-state index is 11.5. The van der Waals surface area contributed by atoms with Crippen molar-refractivity contribution in [1.29, 1.82) is 0 Å². The van der Waals surface area contributed by atoms with Crippen molar-refractivity contribution in [2.24, 2.45) is 5.14 Å². The van der Waals surface area contributed by atoms with Crippen LogP contribution in [0.1, 0.15) is 38.2 Å². The standard InChI is InChI=1S/C12H18Cl2N2O2S/c1-12(2,19(15)18)6-8(3-4-17)10-5-9(13)7-16-11(10)14/h5,7-8,17H,3-4,6,15H2,1-2H3/t8-,19?/m0/s1. The van der Waals surface area contributed by atoms with Gasteiger partial charge in [0.1, 0.15) is 5.15 Å². The number of nitrogens with zero attached hydrogens (tertiary/aromatic N) is 1. The van der Waals surface area contributed by atoms with Crippen molar-refractivity contribution < 1.29 is 9.32 Å². The molecule has 0 spiro atoms. The molecule has 3 N–H and O–H groups in total. The van der Waals surface area contributed by atoms with E-state index >= 15 is 0 Å². The van der Waals surface area contributed by atoms with Crippen LogP contribution in [-0.4, -0.2) is 25.7 Å². The van der Waals surface area contributed by atoms with E-state index in [0.29, 0.717) is 23.0 Å². The molecule has 0 aliphatic rings. The lowest BCUT2D eigenvalue weighted by Gasteiger charge is -2.27. The number of pyridine rings is 1. The number of rotatable bonds is 6. The highest BCUT2D eigenvalue weighted by Crippen LogP contribution is 2.35. The molecule has 0 aromatic carbocycles. The van der Waals surface area contributed by atoms with Crippen LogP contribution in [0.15, 0.2) is 12.3 Å². The highest BCUT2D eigenvalue weighted by molar-refractivity contribution is 7.84. The van der Waals surface area contributed by atoms with Crippen molar-refractivity contribution in [3.63, 3.8) is 0 Å². The molecule has 0 aliphatic heterocycles. The zero-order valence-electron chi connectivity index (χ0n) is 10.9. The Labute approximate surface area is 125 Å². The Bertz CT molecular complexity index is 469. The largest absolute Gasteiger partial charge is 0.396 e. The van der Waals surface area contributed by atoms with E-state index in [1.165, 1.54) is 6.20 Å². The maximum Gasteiger partial charge on any atom is 0.132 e. The van der Waals surface area contributed by atoms with Gasteiger partial charge >= 0.3 is 0 Å². The van der Waals surface area contributed by atoms with E-state index in [1.54, 1.807) is 6.07 Å². The van der Waals surface area contributed by atoms with Crippen molar-refractivity contribution in [2.45, 2.75) is 37.4 Å². The second-order valence-corrected chi connectivity index (χ2v) is 7.50. The van der Waals surface area contributed by atoms with E-state index in [2.05, 4.69) is 4.98 Å². The Morgan fingerprint density at radius 2 is 2.16 bits per heavy atom. The molecular weight excluding hydrogens is 307 g/mol. The van der Waals surface area contributed by atoms with E-state index in [4.69, 9.17) is 28.3 Å². The molecule has 0 radical (unpaired) electrons. The smallest absolute Gasteiger partial charge is 0.132 e. The molecule has 1 aromatic rings. The Balaban J connectivity index is 3.07. The zero-order chi connectivity index (χ0) is 14.6. The Hall–Kier alpha value is -0.200. The first kappa shape index (κ1) is 16.9. The summed E-state index contributed by atoms with van der Waals surface area (Å²) < 4.78 is 11.0. The predicted octanol–water partition coefficient (Wildman–Crippen LogP) is 2.65. The minimum Gasteiger partial charge on any atom is -0.396 e. The molecule has 1 rings (SSSR count). The van der Waals surface area contributed by atoms with Crippen molar-refractivity contribution in [3.8, 4) is 0 Å². The molecule has 1 heterocycles. The quantitative estimate of drug-likeness (QED) is 0.790. The summed E-state index contributed by atoms with van der Waals surface area (Å²) in [5.74, 6) is -0.0915. The molecule has 19 heavy (non-hydrogen) atoms. The van der Waals surface area contributed by atoms with Gasteiger partial charge in [0.25, 0.3) is 0 Å². The Kier molecular flexibility index (Phi) is 6.20. The van der Waals surface area contributed by atoms with Gasteiger partial charge < -0.3 is 5.11 Å². The van der Waals surface area contributed by atoms with Gasteiger partial charge in [-0.3, -0.25) is 5.14 Å². The van der Waals surface area contributed by atoms with Gasteiger partial charge in [0.2, 0.25) is 0 Å². The van der Waals surface area contributed by atoms with E-state index in [9.17, 15) is 9.32 Å². The zero-order valence-corrected chi connectivity index (χ0v) is 13.2. The van der Waals surface area contributed by atoms with Crippen LogP contribution in [0.5, 0.6) is 0 Å². The fourth-order valence-electron chi connectivity index (χ4n) is 1.92. The second kappa shape index (κ2) is 6.99. The minimum absolute atomic E-state index is 0.000789. The Morgan fingerprint density at radius 3 is 2.68 bits per heavy atom. The van der Waals surface area contributed by atoms with Crippen LogP contribution in [0.2, 0.25) is 10.2 Å². The third-order valence-corrected chi connectivity index (χ3v) is 4.81. The van der Waals surface area contributed by atoms with Crippen LogP contribution < -0.4 is 5.14 Å². The summed E-state index contributed by atoms with van der Waals surface area (Å²) >= 11 is 12.0. The third-order valence-electron chi connectivity index (χ3n) is 3.03. The van der Waals surface area contributed by atoms with E-state index in [0.717, 1.165) is 5.56 Å². The number of aromatic nitrogens is 1. The van der Waals surface area contributed by atoms with Crippen LogP contribution in [0, 0.1) is 0 Å². The summed E-state index contributed by atoms with van der Waals surface area (Å²) in [4.78, 5) is 4.00. The molecule has 1 aromatic heterocycles. The summed E-state index contributed by atoms with van der Waals surface area (Å²) in [5.41, 5.74) is 0.752. The highest BCUT2D eigenvalue weighted by Gasteiger charge is 2.29. The lowest BCUT2D eigenvalue weighted by atomic mass is 9.88. The summed E-state index contributed by atoms with van der Waals surface area (Å²) in [6.07, 6.45) is 2.48. The lowest BCUT2D eigenvalue weighted by Crippen LogP contribution is -2.34. The fraction of sp³-hybridized carbons (Fsp3) is 0.583. The van der Waals surface area contributed by atoms with Crippen LogP contribution in [0.4, 0.5) is 0 Å². The molecule has 2 atom stereocenters. The minimum atomic E-state index is -1.46. The summed E-state index contributed by atoms with van der Waals surface area (Å²) in [7, 11) is -1.46. The Morgan fingerprint density at radius 1 is 1.53 bits per heavy atom. The fourth-order valence-corrected chi connectivity index (χ4v) is 2.71. The molecule has 7 heteroatoms. The molecule has 0 saturated carbocycles. The van der Waals surface area contributed by atoms with Crippen LogP contribution >= 0.6 is 23.2 Å². The highest BCUT2D eigenvalue weighted by atomic mass is 35.5. The molecule has 1 unspecified atom stereocenters. The third kappa shape index (κ3) is 4.68. The molecule has 108 valence electrons. The second-order valence-electron chi connectivity index (χ2n) is 5.00. The normalized spacial score (nSPS) is 15.3. The molecular formula is C12H18Cl2N2O2S. The number of hydrogen-bond acceptors (Lipinski definition) is 3. The van der Waals surface area contributed by atoms with E-state index in [-0.39, 0.29) is 12.5 Å². The average Bonchev–Trinajstić information content (AvgIpc) is 2.31. The molecule has 4 nitrogen and oxygen atoms in total. The van der Waals surface area contributed by atoms with Crippen LogP contribution in [-0.2, 0) is 11.0 Å². The molecule has 0 amide bonds. The monoisotopic (exact) mass is 324 g/mol. The number of halogens is 2. The molecule has 0 fully saturated rings. The van der Waals surface area contributed by atoms with Gasteiger partial charge in [-0.05, 0) is 44.2 Å². The van der Waals surface area contributed by atoms with Gasteiger partial charge in [-0.1, -0.05) is 23.2 Å².